The van der Waals surface area contributed by atoms with Crippen LogP contribution in [-0.2, 0) is 4.79 Å². The molecular formula is C18H16N2O3. The molecule has 0 aliphatic carbocycles. The number of benzene rings is 2. The van der Waals surface area contributed by atoms with E-state index in [1.54, 1.807) is 18.3 Å². The zero-order valence-electron chi connectivity index (χ0n) is 12.6. The van der Waals surface area contributed by atoms with Crippen LogP contribution in [0.1, 0.15) is 6.92 Å². The summed E-state index contributed by atoms with van der Waals surface area (Å²) in [6, 6.07) is 17.3. The van der Waals surface area contributed by atoms with E-state index >= 15 is 0 Å². The Morgan fingerprint density at radius 1 is 1.09 bits per heavy atom. The van der Waals surface area contributed by atoms with Crippen LogP contribution in [0.2, 0.25) is 0 Å². The van der Waals surface area contributed by atoms with Gasteiger partial charge in [-0.15, -0.1) is 0 Å². The number of aromatic nitrogens is 2. The van der Waals surface area contributed by atoms with Crippen molar-refractivity contribution >= 4 is 5.97 Å². The number of ether oxygens (including phenoxy) is 1. The molecule has 1 atom stereocenters. The van der Waals surface area contributed by atoms with E-state index in [4.69, 9.17) is 9.84 Å². The van der Waals surface area contributed by atoms with E-state index in [1.165, 1.54) is 6.92 Å². The van der Waals surface area contributed by atoms with Crippen molar-refractivity contribution in [2.75, 3.05) is 0 Å². The smallest absolute Gasteiger partial charge is 0.344 e. The molecule has 0 radical (unpaired) electrons. The largest absolute Gasteiger partial charge is 0.479 e. The van der Waals surface area contributed by atoms with Gasteiger partial charge < -0.3 is 9.84 Å². The van der Waals surface area contributed by atoms with E-state index in [9.17, 15) is 4.79 Å². The highest BCUT2D eigenvalue weighted by atomic mass is 16.5. The Labute approximate surface area is 133 Å². The van der Waals surface area contributed by atoms with Crippen LogP contribution in [0.3, 0.4) is 0 Å². The SMILES string of the molecule is CC(Oc1ccc(-c2cn[nH]c2-c2ccccc2)cc1)C(=O)O. The zero-order valence-corrected chi connectivity index (χ0v) is 12.6. The first-order chi connectivity index (χ1) is 11.1. The van der Waals surface area contributed by atoms with Gasteiger partial charge in [0.1, 0.15) is 5.75 Å². The Hall–Kier alpha value is -3.08. The molecule has 0 saturated carbocycles. The molecule has 3 aromatic rings. The summed E-state index contributed by atoms with van der Waals surface area (Å²) < 4.78 is 5.34. The molecule has 5 heteroatoms. The number of carboxylic acids is 1. The van der Waals surface area contributed by atoms with Crippen molar-refractivity contribution in [2.45, 2.75) is 13.0 Å². The van der Waals surface area contributed by atoms with E-state index < -0.39 is 12.1 Å². The first-order valence-corrected chi connectivity index (χ1v) is 7.24. The quantitative estimate of drug-likeness (QED) is 0.755. The fraction of sp³-hybridized carbons (Fsp3) is 0.111. The first-order valence-electron chi connectivity index (χ1n) is 7.24. The van der Waals surface area contributed by atoms with Gasteiger partial charge in [-0.05, 0) is 24.6 Å². The molecule has 23 heavy (non-hydrogen) atoms. The van der Waals surface area contributed by atoms with Crippen LogP contribution < -0.4 is 4.74 Å². The third kappa shape index (κ3) is 3.23. The molecule has 0 bridgehead atoms. The molecule has 1 unspecified atom stereocenters. The number of rotatable bonds is 5. The van der Waals surface area contributed by atoms with Crippen molar-refractivity contribution < 1.29 is 14.6 Å². The number of aliphatic carboxylic acids is 1. The van der Waals surface area contributed by atoms with E-state index in [-0.39, 0.29) is 0 Å². The number of hydrogen-bond donors (Lipinski definition) is 2. The number of H-pyrrole nitrogens is 1. The predicted octanol–water partition coefficient (Wildman–Crippen LogP) is 3.60. The van der Waals surface area contributed by atoms with Gasteiger partial charge in [0, 0.05) is 11.1 Å². The maximum absolute atomic E-state index is 10.8. The second kappa shape index (κ2) is 6.36. The maximum Gasteiger partial charge on any atom is 0.344 e. The highest BCUT2D eigenvalue weighted by molar-refractivity contribution is 5.80. The lowest BCUT2D eigenvalue weighted by molar-refractivity contribution is -0.144. The molecule has 0 spiro atoms. The zero-order chi connectivity index (χ0) is 16.2. The summed E-state index contributed by atoms with van der Waals surface area (Å²) in [5, 5.41) is 16.0. The fourth-order valence-corrected chi connectivity index (χ4v) is 2.30. The standard InChI is InChI=1S/C18H16N2O3/c1-12(18(21)22)23-15-9-7-13(8-10-15)16-11-19-20-17(16)14-5-3-2-4-6-14/h2-12H,1H3,(H,19,20)(H,21,22). The van der Waals surface area contributed by atoms with Crippen molar-refractivity contribution in [3.63, 3.8) is 0 Å². The van der Waals surface area contributed by atoms with E-state index in [0.29, 0.717) is 5.75 Å². The molecule has 0 aliphatic rings. The Balaban J connectivity index is 1.86. The van der Waals surface area contributed by atoms with Crippen LogP contribution in [0.5, 0.6) is 5.75 Å². The topological polar surface area (TPSA) is 75.2 Å². The Morgan fingerprint density at radius 2 is 1.78 bits per heavy atom. The molecule has 3 rings (SSSR count). The molecule has 0 aliphatic heterocycles. The van der Waals surface area contributed by atoms with Crippen LogP contribution >= 0.6 is 0 Å². The molecule has 1 aromatic heterocycles. The van der Waals surface area contributed by atoms with E-state index in [1.807, 2.05) is 42.5 Å². The lowest BCUT2D eigenvalue weighted by Gasteiger charge is -2.11. The number of nitrogens with zero attached hydrogens (tertiary/aromatic N) is 1. The van der Waals surface area contributed by atoms with Gasteiger partial charge in [0.2, 0.25) is 0 Å². The number of carboxylic acid groups (broad SMARTS) is 1. The number of aromatic amines is 1. The van der Waals surface area contributed by atoms with Gasteiger partial charge in [0.05, 0.1) is 11.9 Å². The lowest BCUT2D eigenvalue weighted by Crippen LogP contribution is -2.22. The van der Waals surface area contributed by atoms with E-state index in [0.717, 1.165) is 22.4 Å². The Bertz CT molecular complexity index is 795. The normalized spacial score (nSPS) is 11.9. The van der Waals surface area contributed by atoms with Crippen LogP contribution in [0.4, 0.5) is 0 Å². The van der Waals surface area contributed by atoms with Gasteiger partial charge in [-0.25, -0.2) is 4.79 Å². The summed E-state index contributed by atoms with van der Waals surface area (Å²) in [6.45, 7) is 1.50. The van der Waals surface area contributed by atoms with Crippen molar-refractivity contribution in [2.24, 2.45) is 0 Å². The Kier molecular flexibility index (Phi) is 4.10. The highest BCUT2D eigenvalue weighted by Crippen LogP contribution is 2.31. The summed E-state index contributed by atoms with van der Waals surface area (Å²) in [6.07, 6.45) is 0.896. The van der Waals surface area contributed by atoms with Gasteiger partial charge in [-0.1, -0.05) is 42.5 Å². The van der Waals surface area contributed by atoms with Crippen LogP contribution in [0.15, 0.2) is 60.8 Å². The average molecular weight is 308 g/mol. The number of nitrogens with one attached hydrogen (secondary N) is 1. The monoisotopic (exact) mass is 308 g/mol. The lowest BCUT2D eigenvalue weighted by atomic mass is 10.0. The average Bonchev–Trinajstić information content (AvgIpc) is 3.06. The summed E-state index contributed by atoms with van der Waals surface area (Å²) in [7, 11) is 0. The minimum absolute atomic E-state index is 0.522. The summed E-state index contributed by atoms with van der Waals surface area (Å²) in [5.41, 5.74) is 3.96. The molecular weight excluding hydrogens is 292 g/mol. The minimum Gasteiger partial charge on any atom is -0.479 e. The van der Waals surface area contributed by atoms with Gasteiger partial charge >= 0.3 is 5.97 Å². The molecule has 0 fully saturated rings. The molecule has 5 nitrogen and oxygen atoms in total. The summed E-state index contributed by atoms with van der Waals surface area (Å²) >= 11 is 0. The van der Waals surface area contributed by atoms with Gasteiger partial charge in [-0.3, -0.25) is 5.10 Å². The molecule has 2 aromatic carbocycles. The fourth-order valence-electron chi connectivity index (χ4n) is 2.30. The van der Waals surface area contributed by atoms with Gasteiger partial charge in [0.25, 0.3) is 0 Å². The van der Waals surface area contributed by atoms with Gasteiger partial charge in [0.15, 0.2) is 6.10 Å². The van der Waals surface area contributed by atoms with Crippen molar-refractivity contribution in [3.05, 3.63) is 60.8 Å². The predicted molar refractivity (Wildman–Crippen MR) is 87.2 cm³/mol. The molecule has 2 N–H and O–H groups in total. The molecule has 0 saturated heterocycles. The van der Waals surface area contributed by atoms with Crippen LogP contribution in [0.25, 0.3) is 22.4 Å². The second-order valence-corrected chi connectivity index (χ2v) is 5.15. The summed E-state index contributed by atoms with van der Waals surface area (Å²) in [5.74, 6) is -0.469. The highest BCUT2D eigenvalue weighted by Gasteiger charge is 2.13. The molecule has 0 amide bonds. The molecule has 1 heterocycles. The third-order valence-electron chi connectivity index (χ3n) is 3.53. The van der Waals surface area contributed by atoms with Gasteiger partial charge in [-0.2, -0.15) is 5.10 Å². The van der Waals surface area contributed by atoms with Crippen molar-refractivity contribution in [1.29, 1.82) is 0 Å². The van der Waals surface area contributed by atoms with E-state index in [2.05, 4.69) is 10.2 Å². The van der Waals surface area contributed by atoms with Crippen LogP contribution in [0, 0.1) is 0 Å². The maximum atomic E-state index is 10.8. The van der Waals surface area contributed by atoms with Crippen LogP contribution in [-0.4, -0.2) is 27.4 Å². The van der Waals surface area contributed by atoms with Crippen molar-refractivity contribution in [3.8, 4) is 28.1 Å². The number of hydrogen-bond acceptors (Lipinski definition) is 3. The molecule has 116 valence electrons. The summed E-state index contributed by atoms with van der Waals surface area (Å²) in [4.78, 5) is 10.8. The minimum atomic E-state index is -0.990. The first kappa shape index (κ1) is 14.8. The number of carbonyl (C=O) groups is 1. The third-order valence-corrected chi connectivity index (χ3v) is 3.53. The Morgan fingerprint density at radius 3 is 2.43 bits per heavy atom. The second-order valence-electron chi connectivity index (χ2n) is 5.15. The van der Waals surface area contributed by atoms with Crippen molar-refractivity contribution in [1.82, 2.24) is 10.2 Å².